The van der Waals surface area contributed by atoms with E-state index in [1.807, 2.05) is 18.5 Å². The van der Waals surface area contributed by atoms with E-state index in [4.69, 9.17) is 15.0 Å². The Morgan fingerprint density at radius 1 is 1.17 bits per heavy atom. The van der Waals surface area contributed by atoms with Crippen LogP contribution in [0.4, 0.5) is 5.82 Å². The van der Waals surface area contributed by atoms with Crippen molar-refractivity contribution >= 4 is 49.3 Å². The van der Waals surface area contributed by atoms with Gasteiger partial charge in [0.1, 0.15) is 10.6 Å². The van der Waals surface area contributed by atoms with Crippen molar-refractivity contribution in [2.45, 2.75) is 50.7 Å². The first-order chi connectivity index (χ1) is 14.2. The third-order valence-electron chi connectivity index (χ3n) is 5.46. The summed E-state index contributed by atoms with van der Waals surface area (Å²) in [5.74, 6) is 1.33. The van der Waals surface area contributed by atoms with Gasteiger partial charge in [0.05, 0.1) is 10.2 Å². The van der Waals surface area contributed by atoms with Gasteiger partial charge in [-0.1, -0.05) is 31.7 Å². The second-order valence-corrected chi connectivity index (χ2v) is 9.47. The molecule has 0 fully saturated rings. The topological polar surface area (TPSA) is 63.6 Å². The normalized spacial score (nSPS) is 13.5. The molecule has 0 bridgehead atoms. The van der Waals surface area contributed by atoms with E-state index in [1.54, 1.807) is 29.3 Å². The minimum Gasteiger partial charge on any atom is -0.365 e. The van der Waals surface area contributed by atoms with Crippen LogP contribution in [-0.2, 0) is 19.4 Å². The summed E-state index contributed by atoms with van der Waals surface area (Å²) in [5.41, 5.74) is 6.38. The van der Waals surface area contributed by atoms with Gasteiger partial charge in [0.15, 0.2) is 5.16 Å². The van der Waals surface area contributed by atoms with Crippen LogP contribution < -0.4 is 5.32 Å². The summed E-state index contributed by atoms with van der Waals surface area (Å²) in [4.78, 5) is 20.1. The van der Waals surface area contributed by atoms with E-state index in [0.29, 0.717) is 12.5 Å². The van der Waals surface area contributed by atoms with Crippen LogP contribution in [0.1, 0.15) is 48.6 Å². The minimum atomic E-state index is 0.437. The quantitative estimate of drug-likeness (QED) is 0.335. The van der Waals surface area contributed by atoms with Gasteiger partial charge >= 0.3 is 0 Å². The van der Waals surface area contributed by atoms with Crippen molar-refractivity contribution < 1.29 is 0 Å². The monoisotopic (exact) mass is 421 g/mol. The largest absolute Gasteiger partial charge is 0.365 e. The van der Waals surface area contributed by atoms with Crippen LogP contribution in [0.2, 0.25) is 0 Å². The molecule has 0 amide bonds. The molecular formula is C22H23N5S2. The number of fused-ring (bicyclic) bond motifs is 5. The molecule has 4 aromatic heterocycles. The molecule has 0 atom stereocenters. The molecule has 1 aliphatic rings. The van der Waals surface area contributed by atoms with Gasteiger partial charge in [-0.25, -0.2) is 15.0 Å². The molecule has 0 unspecified atom stereocenters. The summed E-state index contributed by atoms with van der Waals surface area (Å²) >= 11 is 3.30. The standard InChI is InChI=1S/C22H23N5S2/c1-12(2)17-15-8-4-7-14(15)16-18-19(29-21(16)25-17)20(27-22(26-18)28-3)24-11-13-6-5-9-23-10-13/h5-6,9-10,12H,4,7-8,11H2,1-3H3,(H,24,26,27). The number of nitrogens with one attached hydrogen (secondary N) is 1. The van der Waals surface area contributed by atoms with E-state index in [0.717, 1.165) is 44.4 Å². The van der Waals surface area contributed by atoms with Crippen molar-refractivity contribution in [2.24, 2.45) is 0 Å². The molecule has 0 saturated carbocycles. The number of aryl methyl sites for hydroxylation is 1. The first kappa shape index (κ1) is 18.8. The van der Waals surface area contributed by atoms with Crippen molar-refractivity contribution in [1.29, 1.82) is 0 Å². The Hall–Kier alpha value is -2.25. The lowest BCUT2D eigenvalue weighted by Crippen LogP contribution is -2.03. The van der Waals surface area contributed by atoms with Crippen LogP contribution in [0.15, 0.2) is 29.7 Å². The van der Waals surface area contributed by atoms with Gasteiger partial charge in [-0.2, -0.15) is 0 Å². The predicted octanol–water partition coefficient (Wildman–Crippen LogP) is 5.58. The summed E-state index contributed by atoms with van der Waals surface area (Å²) in [7, 11) is 0. The van der Waals surface area contributed by atoms with Crippen molar-refractivity contribution in [3.8, 4) is 0 Å². The maximum absolute atomic E-state index is 5.10. The van der Waals surface area contributed by atoms with Crippen molar-refractivity contribution in [3.05, 3.63) is 46.9 Å². The Morgan fingerprint density at radius 3 is 2.79 bits per heavy atom. The molecule has 5 rings (SSSR count). The number of aromatic nitrogens is 4. The number of hydrogen-bond acceptors (Lipinski definition) is 7. The summed E-state index contributed by atoms with van der Waals surface area (Å²) < 4.78 is 1.10. The molecule has 0 aromatic carbocycles. The summed E-state index contributed by atoms with van der Waals surface area (Å²) in [6, 6.07) is 4.03. The molecule has 0 saturated heterocycles. The summed E-state index contributed by atoms with van der Waals surface area (Å²) in [5, 5.41) is 5.57. The molecule has 4 heterocycles. The van der Waals surface area contributed by atoms with Crippen molar-refractivity contribution in [2.75, 3.05) is 11.6 Å². The molecule has 5 nitrogen and oxygen atoms in total. The highest BCUT2D eigenvalue weighted by Gasteiger charge is 2.25. The maximum atomic E-state index is 5.10. The third kappa shape index (κ3) is 3.26. The predicted molar refractivity (Wildman–Crippen MR) is 122 cm³/mol. The van der Waals surface area contributed by atoms with Crippen LogP contribution in [0.25, 0.3) is 20.4 Å². The SMILES string of the molecule is CSc1nc(NCc2cccnc2)c2sc3nc(C(C)C)c4c(c3c2n1)CCC4. The van der Waals surface area contributed by atoms with E-state index in [2.05, 4.69) is 30.2 Å². The zero-order valence-electron chi connectivity index (χ0n) is 16.8. The Morgan fingerprint density at radius 2 is 2.03 bits per heavy atom. The average molecular weight is 422 g/mol. The first-order valence-corrected chi connectivity index (χ1v) is 12.0. The van der Waals surface area contributed by atoms with Gasteiger partial charge in [-0.3, -0.25) is 4.98 Å². The fourth-order valence-electron chi connectivity index (χ4n) is 4.15. The molecule has 4 aromatic rings. The van der Waals surface area contributed by atoms with Crippen LogP contribution in [-0.4, -0.2) is 26.2 Å². The Labute approximate surface area is 178 Å². The maximum Gasteiger partial charge on any atom is 0.189 e. The van der Waals surface area contributed by atoms with Gasteiger partial charge in [0.2, 0.25) is 0 Å². The summed E-state index contributed by atoms with van der Waals surface area (Å²) in [6.07, 6.45) is 9.17. The summed E-state index contributed by atoms with van der Waals surface area (Å²) in [6.45, 7) is 5.17. The highest BCUT2D eigenvalue weighted by atomic mass is 32.2. The lowest BCUT2D eigenvalue weighted by molar-refractivity contribution is 0.805. The molecule has 0 radical (unpaired) electrons. The number of anilines is 1. The zero-order chi connectivity index (χ0) is 20.0. The number of thioether (sulfide) groups is 1. The number of hydrogen-bond donors (Lipinski definition) is 1. The molecule has 0 spiro atoms. The molecular weight excluding hydrogens is 398 g/mol. The van der Waals surface area contributed by atoms with E-state index in [9.17, 15) is 0 Å². The van der Waals surface area contributed by atoms with Gasteiger partial charge in [0, 0.05) is 30.0 Å². The minimum absolute atomic E-state index is 0.437. The van der Waals surface area contributed by atoms with E-state index in [-0.39, 0.29) is 0 Å². The molecule has 148 valence electrons. The molecule has 1 N–H and O–H groups in total. The number of nitrogens with zero attached hydrogens (tertiary/aromatic N) is 4. The average Bonchev–Trinajstić information content (AvgIpc) is 3.36. The Kier molecular flexibility index (Phi) is 4.87. The number of rotatable bonds is 5. The molecule has 0 aliphatic heterocycles. The van der Waals surface area contributed by atoms with E-state index in [1.165, 1.54) is 28.6 Å². The number of pyridine rings is 2. The molecule has 1 aliphatic carbocycles. The Balaban J connectivity index is 1.70. The highest BCUT2D eigenvalue weighted by Crippen LogP contribution is 2.43. The van der Waals surface area contributed by atoms with E-state index < -0.39 is 0 Å². The van der Waals surface area contributed by atoms with Gasteiger partial charge in [-0.15, -0.1) is 11.3 Å². The molecule has 7 heteroatoms. The van der Waals surface area contributed by atoms with Crippen molar-refractivity contribution in [3.63, 3.8) is 0 Å². The second-order valence-electron chi connectivity index (χ2n) is 7.70. The lowest BCUT2D eigenvalue weighted by atomic mass is 9.99. The van der Waals surface area contributed by atoms with Crippen molar-refractivity contribution in [1.82, 2.24) is 19.9 Å². The molecule has 29 heavy (non-hydrogen) atoms. The zero-order valence-corrected chi connectivity index (χ0v) is 18.5. The number of thiophene rings is 1. The van der Waals surface area contributed by atoms with Gasteiger partial charge < -0.3 is 5.32 Å². The highest BCUT2D eigenvalue weighted by molar-refractivity contribution is 7.98. The van der Waals surface area contributed by atoms with Crippen LogP contribution in [0.3, 0.4) is 0 Å². The smallest absolute Gasteiger partial charge is 0.189 e. The second kappa shape index (κ2) is 7.54. The van der Waals surface area contributed by atoms with Gasteiger partial charge in [-0.05, 0) is 54.2 Å². The van der Waals surface area contributed by atoms with Crippen LogP contribution in [0, 0.1) is 0 Å². The Bertz CT molecular complexity index is 1200. The van der Waals surface area contributed by atoms with Crippen LogP contribution in [0.5, 0.6) is 0 Å². The van der Waals surface area contributed by atoms with Gasteiger partial charge in [0.25, 0.3) is 0 Å². The fourth-order valence-corrected chi connectivity index (χ4v) is 5.64. The fraction of sp³-hybridized carbons (Fsp3) is 0.364. The van der Waals surface area contributed by atoms with E-state index >= 15 is 0 Å². The third-order valence-corrected chi connectivity index (χ3v) is 7.08. The first-order valence-electron chi connectivity index (χ1n) is 9.98. The van der Waals surface area contributed by atoms with Crippen LogP contribution >= 0.6 is 23.1 Å². The lowest BCUT2D eigenvalue weighted by Gasteiger charge is -2.12.